The zero-order chi connectivity index (χ0) is 7.33. The molecule has 5 heteroatoms. The third-order valence-corrected chi connectivity index (χ3v) is 0.983. The van der Waals surface area contributed by atoms with Gasteiger partial charge in [-0.3, -0.25) is 0 Å². The highest BCUT2D eigenvalue weighted by Crippen LogP contribution is 1.80. The number of rotatable bonds is 4. The van der Waals surface area contributed by atoms with Gasteiger partial charge >= 0.3 is 0 Å². The van der Waals surface area contributed by atoms with Crippen LogP contribution in [0.5, 0.6) is 0 Å². The largest absolute Gasteiger partial charge is 0.280 e. The van der Waals surface area contributed by atoms with Gasteiger partial charge in [-0.1, -0.05) is 6.92 Å². The van der Waals surface area contributed by atoms with E-state index in [1.807, 2.05) is 6.92 Å². The SMILES string of the molecule is CCCNOS(C)(=O)=O. The van der Waals surface area contributed by atoms with Crippen molar-refractivity contribution in [2.75, 3.05) is 12.8 Å². The highest BCUT2D eigenvalue weighted by molar-refractivity contribution is 7.85. The van der Waals surface area contributed by atoms with Crippen LogP contribution in [0.15, 0.2) is 0 Å². The van der Waals surface area contributed by atoms with Gasteiger partial charge in [0.1, 0.15) is 0 Å². The number of hydroxylamine groups is 1. The molecule has 0 aromatic carbocycles. The molecule has 0 bridgehead atoms. The van der Waals surface area contributed by atoms with E-state index in [0.29, 0.717) is 6.54 Å². The first-order valence-electron chi connectivity index (χ1n) is 2.67. The molecule has 0 rings (SSSR count). The van der Waals surface area contributed by atoms with Gasteiger partial charge in [-0.05, 0) is 6.42 Å². The van der Waals surface area contributed by atoms with Gasteiger partial charge in [0, 0.05) is 6.54 Å². The maximum absolute atomic E-state index is 10.2. The quantitative estimate of drug-likeness (QED) is 0.452. The Balaban J connectivity index is 3.30. The van der Waals surface area contributed by atoms with Crippen LogP contribution in [-0.4, -0.2) is 21.2 Å². The lowest BCUT2D eigenvalue weighted by Crippen LogP contribution is -2.19. The van der Waals surface area contributed by atoms with Crippen LogP contribution in [0.1, 0.15) is 13.3 Å². The Labute approximate surface area is 55.3 Å². The van der Waals surface area contributed by atoms with Crippen LogP contribution in [0.3, 0.4) is 0 Å². The van der Waals surface area contributed by atoms with Crippen molar-refractivity contribution in [3.8, 4) is 0 Å². The van der Waals surface area contributed by atoms with Crippen molar-refractivity contribution < 1.29 is 12.7 Å². The first-order chi connectivity index (χ1) is 4.06. The lowest BCUT2D eigenvalue weighted by atomic mass is 10.5. The molecular weight excluding hydrogens is 142 g/mol. The molecule has 0 unspecified atom stereocenters. The summed E-state index contributed by atoms with van der Waals surface area (Å²) in [7, 11) is -3.31. The van der Waals surface area contributed by atoms with E-state index in [1.165, 1.54) is 0 Å². The summed E-state index contributed by atoms with van der Waals surface area (Å²) in [6, 6.07) is 0. The highest BCUT2D eigenvalue weighted by Gasteiger charge is 1.97. The normalized spacial score (nSPS) is 11.8. The highest BCUT2D eigenvalue weighted by atomic mass is 32.2. The molecule has 0 saturated heterocycles. The van der Waals surface area contributed by atoms with Gasteiger partial charge in [-0.2, -0.15) is 18.2 Å². The molecule has 4 nitrogen and oxygen atoms in total. The number of nitrogens with one attached hydrogen (secondary N) is 1. The van der Waals surface area contributed by atoms with Gasteiger partial charge in [0.05, 0.1) is 6.26 Å². The summed E-state index contributed by atoms with van der Waals surface area (Å²) in [5, 5.41) is 0. The maximum Gasteiger partial charge on any atom is 0.280 e. The van der Waals surface area contributed by atoms with Crippen molar-refractivity contribution in [3.63, 3.8) is 0 Å². The molecular formula is C4H11NO3S. The van der Waals surface area contributed by atoms with E-state index in [4.69, 9.17) is 0 Å². The van der Waals surface area contributed by atoms with Crippen molar-refractivity contribution in [1.82, 2.24) is 5.48 Å². The van der Waals surface area contributed by atoms with Crippen molar-refractivity contribution in [2.24, 2.45) is 0 Å². The standard InChI is InChI=1S/C4H11NO3S/c1-3-4-5-8-9(2,6)7/h5H,3-4H2,1-2H3. The Hall–Kier alpha value is -0.130. The third kappa shape index (κ3) is 7.87. The summed E-state index contributed by atoms with van der Waals surface area (Å²) in [5.41, 5.74) is 2.29. The van der Waals surface area contributed by atoms with Crippen molar-refractivity contribution >= 4 is 10.1 Å². The molecule has 0 radical (unpaired) electrons. The minimum Gasteiger partial charge on any atom is -0.198 e. The molecule has 0 fully saturated rings. The van der Waals surface area contributed by atoms with E-state index in [-0.39, 0.29) is 0 Å². The molecule has 9 heavy (non-hydrogen) atoms. The van der Waals surface area contributed by atoms with Gasteiger partial charge < -0.3 is 0 Å². The number of hydrogen-bond acceptors (Lipinski definition) is 4. The summed E-state index contributed by atoms with van der Waals surface area (Å²) in [6.07, 6.45) is 1.84. The summed E-state index contributed by atoms with van der Waals surface area (Å²) in [5.74, 6) is 0. The summed E-state index contributed by atoms with van der Waals surface area (Å²) in [6.45, 7) is 2.46. The molecule has 0 atom stereocenters. The Kier molecular flexibility index (Phi) is 3.76. The fraction of sp³-hybridized carbons (Fsp3) is 1.00. The summed E-state index contributed by atoms with van der Waals surface area (Å²) in [4.78, 5) is 0. The topological polar surface area (TPSA) is 55.4 Å². The Morgan fingerprint density at radius 1 is 1.56 bits per heavy atom. The van der Waals surface area contributed by atoms with Gasteiger partial charge in [-0.25, -0.2) is 0 Å². The molecule has 0 aliphatic heterocycles. The molecule has 0 spiro atoms. The second kappa shape index (κ2) is 3.81. The van der Waals surface area contributed by atoms with Crippen molar-refractivity contribution in [3.05, 3.63) is 0 Å². The lowest BCUT2D eigenvalue weighted by molar-refractivity contribution is 0.206. The Morgan fingerprint density at radius 2 is 2.11 bits per heavy atom. The fourth-order valence-electron chi connectivity index (χ4n) is 0.251. The van der Waals surface area contributed by atoms with Gasteiger partial charge in [0.25, 0.3) is 10.1 Å². The van der Waals surface area contributed by atoms with E-state index in [1.54, 1.807) is 0 Å². The predicted octanol–water partition coefficient (Wildman–Crippen LogP) is -0.123. The second-order valence-electron chi connectivity index (χ2n) is 1.68. The molecule has 0 heterocycles. The first kappa shape index (κ1) is 8.87. The average Bonchev–Trinajstić information content (AvgIpc) is 1.63. The molecule has 0 aromatic rings. The lowest BCUT2D eigenvalue weighted by Gasteiger charge is -1.98. The van der Waals surface area contributed by atoms with Crippen LogP contribution in [0.2, 0.25) is 0 Å². The Bertz CT molecular complexity index is 151. The second-order valence-corrected chi connectivity index (χ2v) is 3.26. The van der Waals surface area contributed by atoms with E-state index >= 15 is 0 Å². The van der Waals surface area contributed by atoms with Crippen LogP contribution in [-0.2, 0) is 14.4 Å². The smallest absolute Gasteiger partial charge is 0.198 e. The molecule has 0 aliphatic rings. The molecule has 0 aliphatic carbocycles. The Morgan fingerprint density at radius 3 is 2.44 bits per heavy atom. The minimum atomic E-state index is -3.31. The van der Waals surface area contributed by atoms with Crippen molar-refractivity contribution in [1.29, 1.82) is 0 Å². The number of hydrogen-bond donors (Lipinski definition) is 1. The predicted molar refractivity (Wildman–Crippen MR) is 34.2 cm³/mol. The van der Waals surface area contributed by atoms with Crippen LogP contribution in [0, 0.1) is 0 Å². The summed E-state index contributed by atoms with van der Waals surface area (Å²) < 4.78 is 24.6. The van der Waals surface area contributed by atoms with Crippen LogP contribution >= 0.6 is 0 Å². The van der Waals surface area contributed by atoms with E-state index in [2.05, 4.69) is 9.76 Å². The fourth-order valence-corrected chi connectivity index (χ4v) is 0.548. The third-order valence-electron chi connectivity index (χ3n) is 0.562. The summed E-state index contributed by atoms with van der Waals surface area (Å²) >= 11 is 0. The average molecular weight is 153 g/mol. The first-order valence-corrected chi connectivity index (χ1v) is 4.49. The van der Waals surface area contributed by atoms with Gasteiger partial charge in [0.2, 0.25) is 0 Å². The van der Waals surface area contributed by atoms with Crippen LogP contribution < -0.4 is 5.48 Å². The van der Waals surface area contributed by atoms with E-state index in [9.17, 15) is 8.42 Å². The monoisotopic (exact) mass is 153 g/mol. The zero-order valence-electron chi connectivity index (χ0n) is 5.55. The van der Waals surface area contributed by atoms with Crippen LogP contribution in [0.4, 0.5) is 0 Å². The maximum atomic E-state index is 10.2. The van der Waals surface area contributed by atoms with Gasteiger partial charge in [0.15, 0.2) is 0 Å². The molecule has 0 aromatic heterocycles. The molecule has 0 saturated carbocycles. The van der Waals surface area contributed by atoms with Crippen molar-refractivity contribution in [2.45, 2.75) is 13.3 Å². The van der Waals surface area contributed by atoms with E-state index < -0.39 is 10.1 Å². The van der Waals surface area contributed by atoms with Crippen LogP contribution in [0.25, 0.3) is 0 Å². The molecule has 1 N–H and O–H groups in total. The minimum absolute atomic E-state index is 0.549. The molecule has 0 amide bonds. The van der Waals surface area contributed by atoms with Gasteiger partial charge in [-0.15, -0.1) is 0 Å². The zero-order valence-corrected chi connectivity index (χ0v) is 6.36. The molecule has 56 valence electrons. The van der Waals surface area contributed by atoms with E-state index in [0.717, 1.165) is 12.7 Å².